The summed E-state index contributed by atoms with van der Waals surface area (Å²) in [5.74, 6) is 0.656. The van der Waals surface area contributed by atoms with Crippen LogP contribution in [-0.4, -0.2) is 18.7 Å². The SMILES string of the molecule is CCCCCCOc1ccc(-c2ccc(C(=O)OC(C)CCCC)cc2)cc1. The van der Waals surface area contributed by atoms with E-state index in [1.165, 1.54) is 19.3 Å². The summed E-state index contributed by atoms with van der Waals surface area (Å²) in [6.45, 7) is 7.07. The van der Waals surface area contributed by atoms with Crippen molar-refractivity contribution < 1.29 is 14.3 Å². The van der Waals surface area contributed by atoms with Crippen LogP contribution in [0.3, 0.4) is 0 Å². The molecule has 1 unspecified atom stereocenters. The number of hydrogen-bond acceptors (Lipinski definition) is 3. The predicted octanol–water partition coefficient (Wildman–Crippen LogP) is 7.05. The van der Waals surface area contributed by atoms with E-state index in [1.807, 2.05) is 43.3 Å². The molecule has 0 aliphatic rings. The minimum Gasteiger partial charge on any atom is -0.494 e. The van der Waals surface area contributed by atoms with Gasteiger partial charge in [0.15, 0.2) is 0 Å². The second kappa shape index (κ2) is 12.2. The van der Waals surface area contributed by atoms with E-state index in [-0.39, 0.29) is 12.1 Å². The van der Waals surface area contributed by atoms with E-state index in [4.69, 9.17) is 9.47 Å². The van der Waals surface area contributed by atoms with E-state index < -0.39 is 0 Å². The van der Waals surface area contributed by atoms with Crippen molar-refractivity contribution in [1.29, 1.82) is 0 Å². The molecule has 0 aromatic heterocycles. The van der Waals surface area contributed by atoms with Crippen molar-refractivity contribution in [2.75, 3.05) is 6.61 Å². The molecule has 3 nitrogen and oxygen atoms in total. The van der Waals surface area contributed by atoms with Crippen LogP contribution in [-0.2, 0) is 4.74 Å². The summed E-state index contributed by atoms with van der Waals surface area (Å²) in [4.78, 5) is 12.2. The Bertz CT molecular complexity index is 689. The van der Waals surface area contributed by atoms with Crippen LogP contribution in [0.5, 0.6) is 5.75 Å². The molecule has 2 aromatic carbocycles. The van der Waals surface area contributed by atoms with Crippen LogP contribution in [0, 0.1) is 0 Å². The molecule has 0 N–H and O–H groups in total. The van der Waals surface area contributed by atoms with Gasteiger partial charge in [0.2, 0.25) is 0 Å². The molecule has 0 spiro atoms. The van der Waals surface area contributed by atoms with Gasteiger partial charge in [-0.3, -0.25) is 0 Å². The molecule has 2 rings (SSSR count). The molecule has 3 heteroatoms. The van der Waals surface area contributed by atoms with Crippen LogP contribution >= 0.6 is 0 Å². The topological polar surface area (TPSA) is 35.5 Å². The maximum absolute atomic E-state index is 12.2. The minimum atomic E-state index is -0.248. The number of esters is 1. The highest BCUT2D eigenvalue weighted by Crippen LogP contribution is 2.23. The maximum Gasteiger partial charge on any atom is 0.338 e. The third-order valence-electron chi connectivity index (χ3n) is 4.85. The summed E-state index contributed by atoms with van der Waals surface area (Å²) in [6.07, 6.45) is 7.89. The van der Waals surface area contributed by atoms with Gasteiger partial charge in [-0.05, 0) is 55.2 Å². The summed E-state index contributed by atoms with van der Waals surface area (Å²) in [6, 6.07) is 15.7. The monoisotopic (exact) mass is 382 g/mol. The van der Waals surface area contributed by atoms with Crippen molar-refractivity contribution in [1.82, 2.24) is 0 Å². The molecule has 0 fully saturated rings. The molecule has 28 heavy (non-hydrogen) atoms. The number of carbonyl (C=O) groups is 1. The molecule has 2 aromatic rings. The number of benzene rings is 2. The maximum atomic E-state index is 12.2. The van der Waals surface area contributed by atoms with Crippen molar-refractivity contribution in [2.24, 2.45) is 0 Å². The molecular weight excluding hydrogens is 348 g/mol. The van der Waals surface area contributed by atoms with Crippen molar-refractivity contribution in [3.05, 3.63) is 54.1 Å². The summed E-state index contributed by atoms with van der Waals surface area (Å²) in [7, 11) is 0. The zero-order chi connectivity index (χ0) is 20.2. The Morgan fingerprint density at radius 1 is 0.821 bits per heavy atom. The van der Waals surface area contributed by atoms with Crippen molar-refractivity contribution in [3.63, 3.8) is 0 Å². The fraction of sp³-hybridized carbons (Fsp3) is 0.480. The molecule has 0 radical (unpaired) electrons. The Hall–Kier alpha value is -2.29. The Balaban J connectivity index is 1.87. The molecule has 0 aliphatic heterocycles. The van der Waals surface area contributed by atoms with Gasteiger partial charge in [0, 0.05) is 0 Å². The van der Waals surface area contributed by atoms with Crippen LogP contribution in [0.4, 0.5) is 0 Å². The van der Waals surface area contributed by atoms with Gasteiger partial charge in [-0.1, -0.05) is 70.2 Å². The number of rotatable bonds is 12. The van der Waals surface area contributed by atoms with E-state index in [9.17, 15) is 4.79 Å². The zero-order valence-corrected chi connectivity index (χ0v) is 17.6. The molecular formula is C25H34O3. The second-order valence-electron chi connectivity index (χ2n) is 7.37. The first kappa shape index (κ1) is 22.0. The molecule has 152 valence electrons. The molecule has 1 atom stereocenters. The second-order valence-corrected chi connectivity index (χ2v) is 7.37. The van der Waals surface area contributed by atoms with Crippen LogP contribution in [0.2, 0.25) is 0 Å². The average molecular weight is 383 g/mol. The quantitative estimate of drug-likeness (QED) is 0.291. The van der Waals surface area contributed by atoms with Crippen LogP contribution < -0.4 is 4.74 Å². The first-order valence-corrected chi connectivity index (χ1v) is 10.7. The number of carbonyl (C=O) groups excluding carboxylic acids is 1. The molecule has 0 bridgehead atoms. The van der Waals surface area contributed by atoms with Crippen molar-refractivity contribution in [2.45, 2.75) is 71.8 Å². The van der Waals surface area contributed by atoms with Gasteiger partial charge in [0.25, 0.3) is 0 Å². The molecule has 0 heterocycles. The van der Waals surface area contributed by atoms with E-state index in [0.717, 1.165) is 49.2 Å². The number of hydrogen-bond donors (Lipinski definition) is 0. The van der Waals surface area contributed by atoms with Crippen LogP contribution in [0.25, 0.3) is 11.1 Å². The largest absolute Gasteiger partial charge is 0.494 e. The van der Waals surface area contributed by atoms with Gasteiger partial charge < -0.3 is 9.47 Å². The standard InChI is InChI=1S/C25H34O3/c1-4-6-8-9-19-27-24-17-15-22(16-18-24)21-11-13-23(14-12-21)25(26)28-20(3)10-7-5-2/h11-18,20H,4-10,19H2,1-3H3. The van der Waals surface area contributed by atoms with Gasteiger partial charge in [-0.25, -0.2) is 4.79 Å². The van der Waals surface area contributed by atoms with E-state index >= 15 is 0 Å². The normalized spacial score (nSPS) is 11.8. The van der Waals surface area contributed by atoms with Gasteiger partial charge in [-0.2, -0.15) is 0 Å². The minimum absolute atomic E-state index is 0.0401. The fourth-order valence-corrected chi connectivity index (χ4v) is 3.06. The summed E-state index contributed by atoms with van der Waals surface area (Å²) in [5.41, 5.74) is 2.78. The third-order valence-corrected chi connectivity index (χ3v) is 4.85. The van der Waals surface area contributed by atoms with Crippen molar-refractivity contribution >= 4 is 5.97 Å². The zero-order valence-electron chi connectivity index (χ0n) is 17.6. The number of unbranched alkanes of at least 4 members (excludes halogenated alkanes) is 4. The van der Waals surface area contributed by atoms with Gasteiger partial charge in [0.1, 0.15) is 5.75 Å². The smallest absolute Gasteiger partial charge is 0.338 e. The first-order valence-electron chi connectivity index (χ1n) is 10.7. The third kappa shape index (κ3) is 7.38. The van der Waals surface area contributed by atoms with E-state index in [1.54, 1.807) is 0 Å². The fourth-order valence-electron chi connectivity index (χ4n) is 3.06. The molecule has 0 saturated heterocycles. The van der Waals surface area contributed by atoms with Gasteiger partial charge >= 0.3 is 5.97 Å². The Morgan fingerprint density at radius 2 is 1.43 bits per heavy atom. The molecule has 0 amide bonds. The predicted molar refractivity (Wildman–Crippen MR) is 116 cm³/mol. The van der Waals surface area contributed by atoms with Crippen molar-refractivity contribution in [3.8, 4) is 16.9 Å². The Kier molecular flexibility index (Phi) is 9.61. The van der Waals surface area contributed by atoms with E-state index in [2.05, 4.69) is 26.0 Å². The summed E-state index contributed by atoms with van der Waals surface area (Å²) < 4.78 is 11.3. The molecule has 0 saturated carbocycles. The van der Waals surface area contributed by atoms with Gasteiger partial charge in [0.05, 0.1) is 18.3 Å². The Morgan fingerprint density at radius 3 is 2.04 bits per heavy atom. The summed E-state index contributed by atoms with van der Waals surface area (Å²) in [5, 5.41) is 0. The van der Waals surface area contributed by atoms with Gasteiger partial charge in [-0.15, -0.1) is 0 Å². The number of ether oxygens (including phenoxy) is 2. The first-order chi connectivity index (χ1) is 13.6. The highest BCUT2D eigenvalue weighted by Gasteiger charge is 2.12. The van der Waals surface area contributed by atoms with Crippen LogP contribution in [0.15, 0.2) is 48.5 Å². The van der Waals surface area contributed by atoms with Crippen LogP contribution in [0.1, 0.15) is 76.1 Å². The highest BCUT2D eigenvalue weighted by molar-refractivity contribution is 5.90. The lowest BCUT2D eigenvalue weighted by atomic mass is 10.0. The molecule has 0 aliphatic carbocycles. The lowest BCUT2D eigenvalue weighted by molar-refractivity contribution is 0.0320. The Labute approximate surface area is 170 Å². The van der Waals surface area contributed by atoms with E-state index in [0.29, 0.717) is 5.56 Å². The average Bonchev–Trinajstić information content (AvgIpc) is 2.72. The summed E-state index contributed by atoms with van der Waals surface area (Å²) >= 11 is 0. The lowest BCUT2D eigenvalue weighted by Gasteiger charge is -2.13. The highest BCUT2D eigenvalue weighted by atomic mass is 16.5. The lowest BCUT2D eigenvalue weighted by Crippen LogP contribution is -2.14.